The van der Waals surface area contributed by atoms with Crippen molar-refractivity contribution >= 4 is 5.91 Å². The first-order chi connectivity index (χ1) is 6.65. The average Bonchev–Trinajstić information content (AvgIpc) is 2.93. The molecule has 1 amide bonds. The molecule has 0 aromatic rings. The number of carbonyl (C=O) groups is 1. The Morgan fingerprint density at radius 3 is 2.57 bits per heavy atom. The number of rotatable bonds is 6. The van der Waals surface area contributed by atoms with Crippen LogP contribution in [0.25, 0.3) is 0 Å². The van der Waals surface area contributed by atoms with Crippen molar-refractivity contribution in [3.8, 4) is 0 Å². The van der Waals surface area contributed by atoms with Crippen molar-refractivity contribution < 1.29 is 15.0 Å². The van der Waals surface area contributed by atoms with Gasteiger partial charge in [-0.3, -0.25) is 4.79 Å². The zero-order valence-corrected chi connectivity index (χ0v) is 8.65. The van der Waals surface area contributed by atoms with Crippen LogP contribution in [-0.2, 0) is 4.79 Å². The molecule has 1 rings (SSSR count). The van der Waals surface area contributed by atoms with Crippen LogP contribution >= 0.6 is 0 Å². The summed E-state index contributed by atoms with van der Waals surface area (Å²) in [6.45, 7) is 2.84. The van der Waals surface area contributed by atoms with Gasteiger partial charge in [-0.15, -0.1) is 0 Å². The van der Waals surface area contributed by atoms with E-state index in [-0.39, 0.29) is 18.7 Å². The topological polar surface area (TPSA) is 60.8 Å². The van der Waals surface area contributed by atoms with E-state index in [1.165, 1.54) is 0 Å². The molecule has 0 atom stereocenters. The Labute approximate surface area is 84.5 Å². The van der Waals surface area contributed by atoms with Crippen LogP contribution in [0.15, 0.2) is 0 Å². The Kier molecular flexibility index (Phi) is 4.35. The smallest absolute Gasteiger partial charge is 0.223 e. The van der Waals surface area contributed by atoms with E-state index in [2.05, 4.69) is 0 Å². The molecule has 4 nitrogen and oxygen atoms in total. The molecule has 1 fully saturated rings. The first-order valence-corrected chi connectivity index (χ1v) is 5.30. The second-order valence-corrected chi connectivity index (χ2v) is 3.84. The maximum Gasteiger partial charge on any atom is 0.223 e. The minimum Gasteiger partial charge on any atom is -0.368 e. The van der Waals surface area contributed by atoms with Crippen molar-refractivity contribution in [2.75, 3.05) is 6.54 Å². The quantitative estimate of drug-likeness (QED) is 0.614. The minimum absolute atomic E-state index is 0.0578. The van der Waals surface area contributed by atoms with E-state index in [0.29, 0.717) is 6.04 Å². The number of nitrogens with zero attached hydrogens (tertiary/aromatic N) is 1. The molecular formula is C10H19NO3. The standard InChI is InChI=1S/C10H19NO3/c1-2-7-11(8-3-4-8)9(12)5-6-10(13)14/h8,10,13-14H,2-7H2,1H3. The molecule has 0 unspecified atom stereocenters. The van der Waals surface area contributed by atoms with E-state index in [9.17, 15) is 4.79 Å². The molecular weight excluding hydrogens is 182 g/mol. The zero-order valence-electron chi connectivity index (χ0n) is 8.65. The van der Waals surface area contributed by atoms with Crippen LogP contribution < -0.4 is 0 Å². The van der Waals surface area contributed by atoms with E-state index in [0.717, 1.165) is 25.8 Å². The van der Waals surface area contributed by atoms with Gasteiger partial charge in [0, 0.05) is 25.4 Å². The Bertz CT molecular complexity index is 190. The summed E-state index contributed by atoms with van der Waals surface area (Å²) in [7, 11) is 0. The third kappa shape index (κ3) is 3.64. The summed E-state index contributed by atoms with van der Waals surface area (Å²) in [6.07, 6.45) is 2.20. The fourth-order valence-corrected chi connectivity index (χ4v) is 1.53. The molecule has 0 spiro atoms. The third-order valence-electron chi connectivity index (χ3n) is 2.39. The van der Waals surface area contributed by atoms with Gasteiger partial charge < -0.3 is 15.1 Å². The largest absolute Gasteiger partial charge is 0.368 e. The number of carbonyl (C=O) groups excluding carboxylic acids is 1. The van der Waals surface area contributed by atoms with Crippen LogP contribution in [0.2, 0.25) is 0 Å². The lowest BCUT2D eigenvalue weighted by atomic mass is 10.2. The van der Waals surface area contributed by atoms with Crippen molar-refractivity contribution in [2.45, 2.75) is 51.4 Å². The molecule has 1 aliphatic carbocycles. The Morgan fingerprint density at radius 1 is 1.50 bits per heavy atom. The van der Waals surface area contributed by atoms with Crippen LogP contribution in [0.3, 0.4) is 0 Å². The Hall–Kier alpha value is -0.610. The molecule has 0 aromatic heterocycles. The first kappa shape index (κ1) is 11.5. The summed E-state index contributed by atoms with van der Waals surface area (Å²) >= 11 is 0. The van der Waals surface area contributed by atoms with Gasteiger partial charge in [-0.25, -0.2) is 0 Å². The van der Waals surface area contributed by atoms with Gasteiger partial charge >= 0.3 is 0 Å². The van der Waals surface area contributed by atoms with Crippen molar-refractivity contribution in [3.05, 3.63) is 0 Å². The monoisotopic (exact) mass is 201 g/mol. The third-order valence-corrected chi connectivity index (χ3v) is 2.39. The minimum atomic E-state index is -1.36. The van der Waals surface area contributed by atoms with E-state index in [4.69, 9.17) is 10.2 Å². The van der Waals surface area contributed by atoms with Crippen molar-refractivity contribution in [2.24, 2.45) is 0 Å². The lowest BCUT2D eigenvalue weighted by Crippen LogP contribution is -2.34. The molecule has 1 aliphatic rings. The highest BCUT2D eigenvalue weighted by Crippen LogP contribution is 2.27. The number of hydrogen-bond donors (Lipinski definition) is 2. The molecule has 4 heteroatoms. The molecule has 2 N–H and O–H groups in total. The van der Waals surface area contributed by atoms with Gasteiger partial charge in [-0.1, -0.05) is 6.92 Å². The van der Waals surface area contributed by atoms with Gasteiger partial charge in [0.2, 0.25) is 5.91 Å². The Balaban J connectivity index is 2.30. The number of hydrogen-bond acceptors (Lipinski definition) is 3. The summed E-state index contributed by atoms with van der Waals surface area (Å²) in [6, 6.07) is 0.429. The summed E-state index contributed by atoms with van der Waals surface area (Å²) < 4.78 is 0. The molecule has 0 aromatic carbocycles. The maximum absolute atomic E-state index is 11.6. The molecule has 1 saturated carbocycles. The van der Waals surface area contributed by atoms with Crippen molar-refractivity contribution in [1.29, 1.82) is 0 Å². The number of aliphatic hydroxyl groups is 2. The van der Waals surface area contributed by atoms with E-state index < -0.39 is 6.29 Å². The number of aliphatic hydroxyl groups excluding tert-OH is 1. The average molecular weight is 201 g/mol. The summed E-state index contributed by atoms with van der Waals surface area (Å²) in [5.74, 6) is 0.0578. The SMILES string of the molecule is CCCN(C(=O)CCC(O)O)C1CC1. The Morgan fingerprint density at radius 2 is 2.14 bits per heavy atom. The maximum atomic E-state index is 11.6. The van der Waals surface area contributed by atoms with E-state index >= 15 is 0 Å². The van der Waals surface area contributed by atoms with Crippen LogP contribution in [0.1, 0.15) is 39.0 Å². The summed E-state index contributed by atoms with van der Waals surface area (Å²) in [5, 5.41) is 17.3. The molecule has 0 radical (unpaired) electrons. The highest BCUT2D eigenvalue weighted by Gasteiger charge is 2.31. The lowest BCUT2D eigenvalue weighted by Gasteiger charge is -2.21. The zero-order chi connectivity index (χ0) is 10.6. The molecule has 0 heterocycles. The predicted octanol–water partition coefficient (Wildman–Crippen LogP) is 0.478. The molecule has 0 saturated heterocycles. The summed E-state index contributed by atoms with van der Waals surface area (Å²) in [4.78, 5) is 13.5. The fourth-order valence-electron chi connectivity index (χ4n) is 1.53. The van der Waals surface area contributed by atoms with Gasteiger partial charge in [-0.05, 0) is 19.3 Å². The highest BCUT2D eigenvalue weighted by molar-refractivity contribution is 5.76. The second-order valence-electron chi connectivity index (χ2n) is 3.84. The van der Waals surface area contributed by atoms with Crippen LogP contribution in [0, 0.1) is 0 Å². The molecule has 0 aliphatic heterocycles. The normalized spacial score (nSPS) is 16.0. The van der Waals surface area contributed by atoms with Crippen LogP contribution in [-0.4, -0.2) is 39.9 Å². The van der Waals surface area contributed by atoms with Crippen LogP contribution in [0.4, 0.5) is 0 Å². The van der Waals surface area contributed by atoms with E-state index in [1.807, 2.05) is 11.8 Å². The van der Waals surface area contributed by atoms with Crippen molar-refractivity contribution in [3.63, 3.8) is 0 Å². The summed E-state index contributed by atoms with van der Waals surface area (Å²) in [5.41, 5.74) is 0. The van der Waals surface area contributed by atoms with Gasteiger partial charge in [0.15, 0.2) is 6.29 Å². The lowest BCUT2D eigenvalue weighted by molar-refractivity contribution is -0.134. The van der Waals surface area contributed by atoms with Crippen molar-refractivity contribution in [1.82, 2.24) is 4.90 Å². The fraction of sp³-hybridized carbons (Fsp3) is 0.900. The molecule has 82 valence electrons. The first-order valence-electron chi connectivity index (χ1n) is 5.30. The number of amides is 1. The van der Waals surface area contributed by atoms with Gasteiger partial charge in [0.05, 0.1) is 0 Å². The highest BCUT2D eigenvalue weighted by atomic mass is 16.5. The van der Waals surface area contributed by atoms with Crippen LogP contribution in [0.5, 0.6) is 0 Å². The predicted molar refractivity (Wildman–Crippen MR) is 52.5 cm³/mol. The molecule has 0 bridgehead atoms. The second kappa shape index (κ2) is 5.32. The van der Waals surface area contributed by atoms with Gasteiger partial charge in [0.25, 0.3) is 0 Å². The molecule has 14 heavy (non-hydrogen) atoms. The van der Waals surface area contributed by atoms with E-state index in [1.54, 1.807) is 0 Å². The van der Waals surface area contributed by atoms with Gasteiger partial charge in [0.1, 0.15) is 0 Å². The van der Waals surface area contributed by atoms with Gasteiger partial charge in [-0.2, -0.15) is 0 Å².